The van der Waals surface area contributed by atoms with Crippen LogP contribution in [-0.4, -0.2) is 35.1 Å². The molecule has 0 spiro atoms. The lowest BCUT2D eigenvalue weighted by atomic mass is 10.0. The molecule has 0 amide bonds. The molecular weight excluding hydrogens is 236 g/mol. The van der Waals surface area contributed by atoms with E-state index in [0.717, 1.165) is 30.4 Å². The number of hydrogen-bond donors (Lipinski definition) is 1. The second-order valence-corrected chi connectivity index (χ2v) is 5.98. The van der Waals surface area contributed by atoms with Gasteiger partial charge in [0.15, 0.2) is 0 Å². The molecule has 1 saturated heterocycles. The van der Waals surface area contributed by atoms with E-state index in [2.05, 4.69) is 34.0 Å². The van der Waals surface area contributed by atoms with Gasteiger partial charge in [0, 0.05) is 30.0 Å². The van der Waals surface area contributed by atoms with Gasteiger partial charge in [0.2, 0.25) is 5.95 Å². The summed E-state index contributed by atoms with van der Waals surface area (Å²) in [6.45, 7) is 6.34. The Bertz CT molecular complexity index is 416. The summed E-state index contributed by atoms with van der Waals surface area (Å²) in [6.07, 6.45) is 6.55. The third-order valence-electron chi connectivity index (χ3n) is 4.04. The minimum absolute atomic E-state index is 0.610. The van der Waals surface area contributed by atoms with Crippen LogP contribution in [0.1, 0.15) is 43.5 Å². The van der Waals surface area contributed by atoms with Crippen molar-refractivity contribution in [3.63, 3.8) is 0 Å². The maximum atomic E-state index is 4.65. The molecule has 2 heterocycles. The van der Waals surface area contributed by atoms with Crippen molar-refractivity contribution in [2.24, 2.45) is 0 Å². The first-order valence-corrected chi connectivity index (χ1v) is 7.55. The number of rotatable bonds is 4. The highest BCUT2D eigenvalue weighted by Crippen LogP contribution is 2.30. The lowest BCUT2D eigenvalue weighted by molar-refractivity contribution is 0.397. The lowest BCUT2D eigenvalue weighted by Crippen LogP contribution is -2.45. The zero-order valence-corrected chi connectivity index (χ0v) is 12.0. The monoisotopic (exact) mass is 260 g/mol. The fourth-order valence-corrected chi connectivity index (χ4v) is 2.93. The summed E-state index contributed by atoms with van der Waals surface area (Å²) in [6, 6.07) is 3.33. The number of aryl methyl sites for hydroxylation is 2. The van der Waals surface area contributed by atoms with Crippen LogP contribution in [-0.2, 0) is 0 Å². The van der Waals surface area contributed by atoms with Crippen LogP contribution >= 0.6 is 0 Å². The van der Waals surface area contributed by atoms with E-state index in [1.54, 1.807) is 0 Å². The standard InChI is InChI=1S/C15H24N4/c1-11-9-12(2)18-15(17-11)19(14-6-7-14)10-13-5-3-4-8-16-13/h9,13-14,16H,3-8,10H2,1-2H3. The summed E-state index contributed by atoms with van der Waals surface area (Å²) in [7, 11) is 0. The zero-order valence-electron chi connectivity index (χ0n) is 12.0. The van der Waals surface area contributed by atoms with Crippen molar-refractivity contribution in [3.8, 4) is 0 Å². The second kappa shape index (κ2) is 5.45. The smallest absolute Gasteiger partial charge is 0.226 e. The Kier molecular flexibility index (Phi) is 3.69. The number of aromatic nitrogens is 2. The van der Waals surface area contributed by atoms with Crippen LogP contribution < -0.4 is 10.2 Å². The summed E-state index contributed by atoms with van der Waals surface area (Å²) < 4.78 is 0. The molecule has 1 saturated carbocycles. The molecule has 0 bridgehead atoms. The highest BCUT2D eigenvalue weighted by atomic mass is 15.3. The molecule has 2 fully saturated rings. The van der Waals surface area contributed by atoms with E-state index in [0.29, 0.717) is 12.1 Å². The molecule has 1 aliphatic heterocycles. The summed E-state index contributed by atoms with van der Waals surface area (Å²) >= 11 is 0. The molecule has 1 aromatic rings. The predicted octanol–water partition coefficient (Wildman–Crippen LogP) is 2.20. The average molecular weight is 260 g/mol. The van der Waals surface area contributed by atoms with Crippen LogP contribution in [0.3, 0.4) is 0 Å². The minimum Gasteiger partial charge on any atom is -0.336 e. The van der Waals surface area contributed by atoms with Gasteiger partial charge >= 0.3 is 0 Å². The minimum atomic E-state index is 0.610. The number of nitrogens with zero attached hydrogens (tertiary/aromatic N) is 3. The third-order valence-corrected chi connectivity index (χ3v) is 4.04. The van der Waals surface area contributed by atoms with Crippen molar-refractivity contribution in [1.29, 1.82) is 0 Å². The average Bonchev–Trinajstić information content (AvgIpc) is 3.20. The Hall–Kier alpha value is -1.16. The van der Waals surface area contributed by atoms with Crippen molar-refractivity contribution in [1.82, 2.24) is 15.3 Å². The number of anilines is 1. The third kappa shape index (κ3) is 3.24. The molecule has 0 radical (unpaired) electrons. The Morgan fingerprint density at radius 2 is 1.89 bits per heavy atom. The van der Waals surface area contributed by atoms with Gasteiger partial charge in [-0.25, -0.2) is 9.97 Å². The largest absolute Gasteiger partial charge is 0.336 e. The van der Waals surface area contributed by atoms with Gasteiger partial charge in [-0.05, 0) is 52.1 Å². The molecule has 1 atom stereocenters. The highest BCUT2D eigenvalue weighted by Gasteiger charge is 2.32. The molecular formula is C15H24N4. The van der Waals surface area contributed by atoms with E-state index in [1.807, 2.05) is 6.07 Å². The van der Waals surface area contributed by atoms with E-state index in [-0.39, 0.29) is 0 Å². The Morgan fingerprint density at radius 3 is 2.47 bits per heavy atom. The molecule has 4 nitrogen and oxygen atoms in total. The fourth-order valence-electron chi connectivity index (χ4n) is 2.93. The van der Waals surface area contributed by atoms with Crippen molar-refractivity contribution in [2.45, 2.75) is 58.0 Å². The van der Waals surface area contributed by atoms with E-state index in [9.17, 15) is 0 Å². The topological polar surface area (TPSA) is 41.1 Å². The SMILES string of the molecule is Cc1cc(C)nc(N(CC2CCCCN2)C2CC2)n1. The summed E-state index contributed by atoms with van der Waals surface area (Å²) in [5.41, 5.74) is 2.15. The predicted molar refractivity (Wildman–Crippen MR) is 77.5 cm³/mol. The molecule has 1 unspecified atom stereocenters. The van der Waals surface area contributed by atoms with Crippen molar-refractivity contribution >= 4 is 5.95 Å². The van der Waals surface area contributed by atoms with Crippen LogP contribution in [0.25, 0.3) is 0 Å². The first-order valence-electron chi connectivity index (χ1n) is 7.55. The summed E-state index contributed by atoms with van der Waals surface area (Å²) in [5, 5.41) is 3.63. The molecule has 0 aromatic carbocycles. The first kappa shape index (κ1) is 12.9. The summed E-state index contributed by atoms with van der Waals surface area (Å²) in [4.78, 5) is 11.7. The van der Waals surface area contributed by atoms with Crippen LogP contribution in [0.4, 0.5) is 5.95 Å². The molecule has 1 aliphatic carbocycles. The Morgan fingerprint density at radius 1 is 1.16 bits per heavy atom. The molecule has 2 aliphatic rings. The quantitative estimate of drug-likeness (QED) is 0.901. The number of piperidine rings is 1. The molecule has 19 heavy (non-hydrogen) atoms. The highest BCUT2D eigenvalue weighted by molar-refractivity contribution is 5.36. The van der Waals surface area contributed by atoms with Crippen LogP contribution in [0, 0.1) is 13.8 Å². The van der Waals surface area contributed by atoms with Gasteiger partial charge in [0.25, 0.3) is 0 Å². The zero-order chi connectivity index (χ0) is 13.2. The van der Waals surface area contributed by atoms with Crippen molar-refractivity contribution in [3.05, 3.63) is 17.5 Å². The van der Waals surface area contributed by atoms with Gasteiger partial charge < -0.3 is 10.2 Å². The molecule has 3 rings (SSSR count). The van der Waals surface area contributed by atoms with Crippen molar-refractivity contribution in [2.75, 3.05) is 18.0 Å². The maximum Gasteiger partial charge on any atom is 0.226 e. The van der Waals surface area contributed by atoms with Gasteiger partial charge in [-0.1, -0.05) is 6.42 Å². The molecule has 4 heteroatoms. The van der Waals surface area contributed by atoms with Gasteiger partial charge in [-0.2, -0.15) is 0 Å². The second-order valence-electron chi connectivity index (χ2n) is 5.98. The van der Waals surface area contributed by atoms with E-state index >= 15 is 0 Å². The van der Waals surface area contributed by atoms with Crippen LogP contribution in [0.2, 0.25) is 0 Å². The maximum absolute atomic E-state index is 4.65. The normalized spacial score (nSPS) is 23.4. The first-order chi connectivity index (χ1) is 9.22. The van der Waals surface area contributed by atoms with Gasteiger partial charge in [0.1, 0.15) is 0 Å². The molecule has 1 N–H and O–H groups in total. The van der Waals surface area contributed by atoms with Gasteiger partial charge in [0.05, 0.1) is 0 Å². The van der Waals surface area contributed by atoms with Crippen molar-refractivity contribution < 1.29 is 0 Å². The van der Waals surface area contributed by atoms with E-state index in [1.165, 1.54) is 32.1 Å². The Labute approximate surface area is 115 Å². The summed E-state index contributed by atoms with van der Waals surface area (Å²) in [5.74, 6) is 0.937. The fraction of sp³-hybridized carbons (Fsp3) is 0.733. The van der Waals surface area contributed by atoms with Crippen LogP contribution in [0.5, 0.6) is 0 Å². The van der Waals surface area contributed by atoms with E-state index in [4.69, 9.17) is 0 Å². The molecule has 104 valence electrons. The van der Waals surface area contributed by atoms with Crippen LogP contribution in [0.15, 0.2) is 6.07 Å². The van der Waals surface area contributed by atoms with Gasteiger partial charge in [-0.3, -0.25) is 0 Å². The Balaban J connectivity index is 1.76. The lowest BCUT2D eigenvalue weighted by Gasteiger charge is -2.31. The number of nitrogens with one attached hydrogen (secondary N) is 1. The van der Waals surface area contributed by atoms with E-state index < -0.39 is 0 Å². The molecule has 1 aromatic heterocycles. The van der Waals surface area contributed by atoms with Gasteiger partial charge in [-0.15, -0.1) is 0 Å². The number of hydrogen-bond acceptors (Lipinski definition) is 4.